The smallest absolute Gasteiger partial charge is 0.363 e. The monoisotopic (exact) mass is 415 g/mol. The van der Waals surface area contributed by atoms with Crippen LogP contribution >= 0.6 is 0 Å². The highest BCUT2D eigenvalue weighted by molar-refractivity contribution is 6.12. The van der Waals surface area contributed by atoms with Crippen molar-refractivity contribution in [1.29, 1.82) is 0 Å². The van der Waals surface area contributed by atoms with E-state index in [1.807, 2.05) is 42.5 Å². The molecule has 1 aliphatic rings. The van der Waals surface area contributed by atoms with Gasteiger partial charge in [0.1, 0.15) is 12.4 Å². The Kier molecular flexibility index (Phi) is 5.98. The molecule has 1 heterocycles. The summed E-state index contributed by atoms with van der Waals surface area (Å²) in [5.41, 5.74) is 2.70. The van der Waals surface area contributed by atoms with Gasteiger partial charge in [-0.2, -0.15) is 0 Å². The van der Waals surface area contributed by atoms with Gasteiger partial charge in [-0.3, -0.25) is 0 Å². The van der Waals surface area contributed by atoms with E-state index in [4.69, 9.17) is 18.9 Å². The second kappa shape index (κ2) is 9.17. The number of ether oxygens (including phenoxy) is 4. The van der Waals surface area contributed by atoms with Gasteiger partial charge in [0.05, 0.1) is 14.2 Å². The normalized spacial score (nSPS) is 14.2. The number of esters is 1. The van der Waals surface area contributed by atoms with Crippen molar-refractivity contribution in [2.45, 2.75) is 6.61 Å². The van der Waals surface area contributed by atoms with Crippen molar-refractivity contribution in [3.8, 4) is 17.2 Å². The molecule has 6 nitrogen and oxygen atoms in total. The molecule has 0 amide bonds. The van der Waals surface area contributed by atoms with Crippen LogP contribution in [-0.4, -0.2) is 26.1 Å². The second-order valence-corrected chi connectivity index (χ2v) is 6.75. The minimum Gasteiger partial charge on any atom is -0.497 e. The van der Waals surface area contributed by atoms with Gasteiger partial charge in [-0.25, -0.2) is 9.79 Å². The number of benzene rings is 3. The first-order chi connectivity index (χ1) is 15.2. The Morgan fingerprint density at radius 3 is 2.39 bits per heavy atom. The van der Waals surface area contributed by atoms with Gasteiger partial charge in [-0.15, -0.1) is 0 Å². The van der Waals surface area contributed by atoms with Crippen molar-refractivity contribution in [2.24, 2.45) is 4.99 Å². The Balaban J connectivity index is 1.56. The van der Waals surface area contributed by atoms with E-state index in [0.29, 0.717) is 29.4 Å². The number of hydrogen-bond donors (Lipinski definition) is 0. The molecule has 0 spiro atoms. The predicted octanol–water partition coefficient (Wildman–Crippen LogP) is 4.63. The van der Waals surface area contributed by atoms with Gasteiger partial charge in [-0.1, -0.05) is 36.4 Å². The molecule has 0 aromatic heterocycles. The van der Waals surface area contributed by atoms with Gasteiger partial charge in [0.25, 0.3) is 0 Å². The summed E-state index contributed by atoms with van der Waals surface area (Å²) < 4.78 is 21.8. The van der Waals surface area contributed by atoms with Crippen molar-refractivity contribution in [3.05, 3.63) is 95.2 Å². The second-order valence-electron chi connectivity index (χ2n) is 6.75. The van der Waals surface area contributed by atoms with Crippen LogP contribution < -0.4 is 14.2 Å². The van der Waals surface area contributed by atoms with Gasteiger partial charge in [0.15, 0.2) is 17.2 Å². The third-order valence-corrected chi connectivity index (χ3v) is 4.69. The zero-order valence-electron chi connectivity index (χ0n) is 17.2. The maximum atomic E-state index is 12.3. The molecule has 0 bridgehead atoms. The first-order valence-electron chi connectivity index (χ1n) is 9.68. The van der Waals surface area contributed by atoms with Crippen LogP contribution in [-0.2, 0) is 16.1 Å². The molecule has 3 aromatic carbocycles. The Morgan fingerprint density at radius 1 is 0.903 bits per heavy atom. The Hall–Kier alpha value is -4.06. The van der Waals surface area contributed by atoms with Crippen molar-refractivity contribution >= 4 is 17.9 Å². The van der Waals surface area contributed by atoms with Crippen molar-refractivity contribution < 1.29 is 23.7 Å². The fraction of sp³-hybridized carbons (Fsp3) is 0.120. The summed E-state index contributed by atoms with van der Waals surface area (Å²) in [6, 6.07) is 22.4. The molecule has 1 aliphatic heterocycles. The van der Waals surface area contributed by atoms with E-state index in [1.165, 1.54) is 0 Å². The first-order valence-corrected chi connectivity index (χ1v) is 9.68. The van der Waals surface area contributed by atoms with Crippen LogP contribution in [0.3, 0.4) is 0 Å². The average Bonchev–Trinajstić information content (AvgIpc) is 3.18. The largest absolute Gasteiger partial charge is 0.497 e. The van der Waals surface area contributed by atoms with Crippen LogP contribution in [0.5, 0.6) is 17.2 Å². The van der Waals surface area contributed by atoms with E-state index in [-0.39, 0.29) is 11.6 Å². The van der Waals surface area contributed by atoms with Crippen molar-refractivity contribution in [2.75, 3.05) is 14.2 Å². The van der Waals surface area contributed by atoms with Gasteiger partial charge in [0, 0.05) is 5.56 Å². The lowest BCUT2D eigenvalue weighted by Gasteiger charge is -2.11. The summed E-state index contributed by atoms with van der Waals surface area (Å²) in [7, 11) is 3.18. The van der Waals surface area contributed by atoms with Gasteiger partial charge >= 0.3 is 5.97 Å². The van der Waals surface area contributed by atoms with E-state index < -0.39 is 5.97 Å². The quantitative estimate of drug-likeness (QED) is 0.416. The maximum absolute atomic E-state index is 12.3. The molecule has 0 fully saturated rings. The van der Waals surface area contributed by atoms with Crippen LogP contribution in [0, 0.1) is 0 Å². The number of cyclic esters (lactones) is 1. The molecule has 0 saturated heterocycles. The van der Waals surface area contributed by atoms with E-state index >= 15 is 0 Å². The van der Waals surface area contributed by atoms with Gasteiger partial charge < -0.3 is 18.9 Å². The Labute approximate surface area is 180 Å². The lowest BCUT2D eigenvalue weighted by molar-refractivity contribution is -0.129. The summed E-state index contributed by atoms with van der Waals surface area (Å²) >= 11 is 0. The molecular weight excluding hydrogens is 394 g/mol. The number of carbonyl (C=O) groups excluding carboxylic acids is 1. The molecule has 156 valence electrons. The van der Waals surface area contributed by atoms with Crippen molar-refractivity contribution in [1.82, 2.24) is 0 Å². The van der Waals surface area contributed by atoms with Crippen LogP contribution in [0.2, 0.25) is 0 Å². The minimum atomic E-state index is -0.506. The number of rotatable bonds is 7. The van der Waals surface area contributed by atoms with Gasteiger partial charge in [-0.05, 0) is 53.6 Å². The SMILES string of the molecule is COc1ccc(C2=N/C(=C/c3ccc(OC)c(OCc4ccccc4)c3)C(=O)O2)cc1. The zero-order valence-corrected chi connectivity index (χ0v) is 17.2. The first kappa shape index (κ1) is 20.2. The average molecular weight is 415 g/mol. The number of aliphatic imine (C=N–C) groups is 1. The van der Waals surface area contributed by atoms with E-state index in [1.54, 1.807) is 50.6 Å². The number of hydrogen-bond acceptors (Lipinski definition) is 6. The van der Waals surface area contributed by atoms with E-state index in [2.05, 4.69) is 4.99 Å². The highest BCUT2D eigenvalue weighted by Gasteiger charge is 2.24. The minimum absolute atomic E-state index is 0.213. The summed E-state index contributed by atoms with van der Waals surface area (Å²) in [6.07, 6.45) is 1.66. The van der Waals surface area contributed by atoms with Gasteiger partial charge in [0.2, 0.25) is 5.90 Å². The number of nitrogens with zero attached hydrogens (tertiary/aromatic N) is 1. The Bertz CT molecular complexity index is 1130. The van der Waals surface area contributed by atoms with Crippen LogP contribution in [0.1, 0.15) is 16.7 Å². The molecule has 0 radical (unpaired) electrons. The molecule has 0 saturated carbocycles. The van der Waals surface area contributed by atoms with Crippen LogP contribution in [0.15, 0.2) is 83.5 Å². The van der Waals surface area contributed by atoms with Crippen molar-refractivity contribution in [3.63, 3.8) is 0 Å². The van der Waals surface area contributed by atoms with E-state index in [0.717, 1.165) is 11.1 Å². The lowest BCUT2D eigenvalue weighted by atomic mass is 10.1. The molecule has 4 rings (SSSR count). The summed E-state index contributed by atoms with van der Waals surface area (Å²) in [6.45, 7) is 0.402. The van der Waals surface area contributed by atoms with E-state index in [9.17, 15) is 4.79 Å². The predicted molar refractivity (Wildman–Crippen MR) is 117 cm³/mol. The molecule has 0 atom stereocenters. The molecule has 0 unspecified atom stereocenters. The zero-order chi connectivity index (χ0) is 21.6. The highest BCUT2D eigenvalue weighted by Crippen LogP contribution is 2.30. The summed E-state index contributed by atoms with van der Waals surface area (Å²) in [5, 5.41) is 0. The standard InChI is InChI=1S/C25H21NO5/c1-28-20-11-9-19(10-12-20)24-26-21(25(27)31-24)14-18-8-13-22(29-2)23(15-18)30-16-17-6-4-3-5-7-17/h3-15H,16H2,1-2H3/b21-14+. The molecule has 6 heteroatoms. The highest BCUT2D eigenvalue weighted by atomic mass is 16.6. The topological polar surface area (TPSA) is 66.3 Å². The lowest BCUT2D eigenvalue weighted by Crippen LogP contribution is -2.05. The summed E-state index contributed by atoms with van der Waals surface area (Å²) in [5.74, 6) is 1.65. The number of methoxy groups -OCH3 is 2. The third-order valence-electron chi connectivity index (χ3n) is 4.69. The molecule has 0 aliphatic carbocycles. The fourth-order valence-corrected chi connectivity index (χ4v) is 3.06. The van der Waals surface area contributed by atoms with Crippen LogP contribution in [0.4, 0.5) is 0 Å². The molecule has 31 heavy (non-hydrogen) atoms. The van der Waals surface area contributed by atoms with Crippen LogP contribution in [0.25, 0.3) is 6.08 Å². The molecule has 0 N–H and O–H groups in total. The summed E-state index contributed by atoms with van der Waals surface area (Å²) in [4.78, 5) is 16.7. The number of carbonyl (C=O) groups is 1. The third kappa shape index (κ3) is 4.75. The molecule has 3 aromatic rings. The molecular formula is C25H21NO5. The Morgan fingerprint density at radius 2 is 1.68 bits per heavy atom. The maximum Gasteiger partial charge on any atom is 0.363 e. The fourth-order valence-electron chi connectivity index (χ4n) is 3.06.